The van der Waals surface area contributed by atoms with Crippen molar-refractivity contribution in [3.8, 4) is 5.75 Å². The third-order valence-electron chi connectivity index (χ3n) is 2.69. The Labute approximate surface area is 113 Å². The Morgan fingerprint density at radius 3 is 2.22 bits per heavy atom. The van der Waals surface area contributed by atoms with Crippen LogP contribution in [-0.4, -0.2) is 31.1 Å². The molecule has 1 aromatic carbocycles. The van der Waals surface area contributed by atoms with Gasteiger partial charge in [-0.25, -0.2) is 0 Å². The number of likely N-dealkylation sites (N-methyl/N-ethyl adjacent to an activating group) is 1. The molecule has 0 amide bonds. The zero-order valence-electron chi connectivity index (χ0n) is 12.5. The van der Waals surface area contributed by atoms with E-state index in [1.807, 2.05) is 44.2 Å². The minimum atomic E-state index is 0.779. The van der Waals surface area contributed by atoms with E-state index in [0.717, 1.165) is 25.4 Å². The summed E-state index contributed by atoms with van der Waals surface area (Å²) in [7, 11) is 0. The molecule has 2 heteroatoms. The van der Waals surface area contributed by atoms with Crippen LogP contribution in [0, 0.1) is 0 Å². The fourth-order valence-electron chi connectivity index (χ4n) is 1.62. The average Bonchev–Trinajstić information content (AvgIpc) is 2.46. The van der Waals surface area contributed by atoms with Crippen LogP contribution in [0.4, 0.5) is 0 Å². The van der Waals surface area contributed by atoms with Crippen LogP contribution in [0.5, 0.6) is 5.75 Å². The van der Waals surface area contributed by atoms with E-state index in [-0.39, 0.29) is 0 Å². The number of rotatable bonds is 8. The molecule has 0 N–H and O–H groups in total. The van der Waals surface area contributed by atoms with Crippen LogP contribution in [0.3, 0.4) is 0 Å². The van der Waals surface area contributed by atoms with Crippen molar-refractivity contribution in [2.45, 2.75) is 40.5 Å². The lowest BCUT2D eigenvalue weighted by molar-refractivity contribution is 0.213. The first-order chi connectivity index (χ1) is 8.86. The van der Waals surface area contributed by atoms with Gasteiger partial charge in [0.15, 0.2) is 0 Å². The first-order valence-electron chi connectivity index (χ1n) is 7.27. The molecule has 0 unspecified atom stereocenters. The molecule has 0 aliphatic rings. The van der Waals surface area contributed by atoms with E-state index in [4.69, 9.17) is 4.74 Å². The van der Waals surface area contributed by atoms with E-state index >= 15 is 0 Å². The molecular weight excluding hydrogens is 222 g/mol. The Kier molecular flexibility index (Phi) is 11.7. The first kappa shape index (κ1) is 17.0. The van der Waals surface area contributed by atoms with Gasteiger partial charge in [0, 0.05) is 6.54 Å². The second-order valence-corrected chi connectivity index (χ2v) is 3.95. The summed E-state index contributed by atoms with van der Waals surface area (Å²) >= 11 is 0. The summed E-state index contributed by atoms with van der Waals surface area (Å²) in [5.41, 5.74) is 0. The Morgan fingerprint density at radius 2 is 1.67 bits per heavy atom. The SMILES string of the molecule is CC.CCCCN(CC)CCOc1ccccc1. The summed E-state index contributed by atoms with van der Waals surface area (Å²) in [6, 6.07) is 10.0. The smallest absolute Gasteiger partial charge is 0.119 e. The summed E-state index contributed by atoms with van der Waals surface area (Å²) in [5.74, 6) is 0.967. The summed E-state index contributed by atoms with van der Waals surface area (Å²) in [5, 5.41) is 0. The fourth-order valence-corrected chi connectivity index (χ4v) is 1.62. The van der Waals surface area contributed by atoms with E-state index in [2.05, 4.69) is 18.7 Å². The normalized spacial score (nSPS) is 9.83. The van der Waals surface area contributed by atoms with Gasteiger partial charge < -0.3 is 9.64 Å². The molecule has 0 fully saturated rings. The molecule has 0 radical (unpaired) electrons. The highest BCUT2D eigenvalue weighted by Crippen LogP contribution is 2.08. The molecule has 0 atom stereocenters. The van der Waals surface area contributed by atoms with Gasteiger partial charge in [0.05, 0.1) is 0 Å². The van der Waals surface area contributed by atoms with Crippen molar-refractivity contribution < 1.29 is 4.74 Å². The van der Waals surface area contributed by atoms with Crippen LogP contribution < -0.4 is 4.74 Å². The van der Waals surface area contributed by atoms with Crippen molar-refractivity contribution in [2.24, 2.45) is 0 Å². The number of hydrogen-bond donors (Lipinski definition) is 0. The number of nitrogens with zero attached hydrogens (tertiary/aromatic N) is 1. The van der Waals surface area contributed by atoms with Crippen LogP contribution in [0.2, 0.25) is 0 Å². The zero-order chi connectivity index (χ0) is 13.6. The van der Waals surface area contributed by atoms with Crippen molar-refractivity contribution in [2.75, 3.05) is 26.2 Å². The van der Waals surface area contributed by atoms with Gasteiger partial charge in [-0.2, -0.15) is 0 Å². The maximum absolute atomic E-state index is 5.68. The number of benzene rings is 1. The molecule has 0 aliphatic heterocycles. The van der Waals surface area contributed by atoms with Gasteiger partial charge in [-0.1, -0.05) is 52.3 Å². The maximum Gasteiger partial charge on any atom is 0.119 e. The lowest BCUT2D eigenvalue weighted by Gasteiger charge is -2.19. The van der Waals surface area contributed by atoms with E-state index in [1.165, 1.54) is 19.4 Å². The Bertz CT molecular complexity index is 261. The van der Waals surface area contributed by atoms with E-state index in [9.17, 15) is 0 Å². The summed E-state index contributed by atoms with van der Waals surface area (Å²) in [6.07, 6.45) is 2.54. The summed E-state index contributed by atoms with van der Waals surface area (Å²) < 4.78 is 5.68. The van der Waals surface area contributed by atoms with Crippen LogP contribution >= 0.6 is 0 Å². The summed E-state index contributed by atoms with van der Waals surface area (Å²) in [4.78, 5) is 2.44. The first-order valence-corrected chi connectivity index (χ1v) is 7.27. The van der Waals surface area contributed by atoms with Crippen molar-refractivity contribution in [1.82, 2.24) is 4.90 Å². The van der Waals surface area contributed by atoms with Crippen LogP contribution in [0.15, 0.2) is 30.3 Å². The van der Waals surface area contributed by atoms with Gasteiger partial charge in [-0.05, 0) is 31.6 Å². The molecule has 0 aliphatic carbocycles. The quantitative estimate of drug-likeness (QED) is 0.686. The molecule has 0 saturated carbocycles. The summed E-state index contributed by atoms with van der Waals surface area (Å²) in [6.45, 7) is 12.5. The number of ether oxygens (including phenoxy) is 1. The second kappa shape index (κ2) is 12.4. The highest BCUT2D eigenvalue weighted by Gasteiger charge is 2.01. The van der Waals surface area contributed by atoms with Gasteiger partial charge >= 0.3 is 0 Å². The van der Waals surface area contributed by atoms with Crippen molar-refractivity contribution in [1.29, 1.82) is 0 Å². The molecule has 0 aromatic heterocycles. The largest absolute Gasteiger partial charge is 0.492 e. The Hall–Kier alpha value is -1.02. The van der Waals surface area contributed by atoms with E-state index in [1.54, 1.807) is 0 Å². The fraction of sp³-hybridized carbons (Fsp3) is 0.625. The second-order valence-electron chi connectivity index (χ2n) is 3.95. The Balaban J connectivity index is 0.00000137. The van der Waals surface area contributed by atoms with Crippen LogP contribution in [-0.2, 0) is 0 Å². The van der Waals surface area contributed by atoms with Crippen molar-refractivity contribution in [3.05, 3.63) is 30.3 Å². The number of unbranched alkanes of at least 4 members (excludes halogenated alkanes) is 1. The lowest BCUT2D eigenvalue weighted by atomic mass is 10.3. The molecule has 2 nitrogen and oxygen atoms in total. The molecule has 1 aromatic rings. The monoisotopic (exact) mass is 251 g/mol. The van der Waals surface area contributed by atoms with Gasteiger partial charge in [0.1, 0.15) is 12.4 Å². The molecule has 0 spiro atoms. The molecule has 0 saturated heterocycles. The molecule has 1 rings (SSSR count). The van der Waals surface area contributed by atoms with Gasteiger partial charge in [0.25, 0.3) is 0 Å². The Morgan fingerprint density at radius 1 is 1.00 bits per heavy atom. The molecule has 0 heterocycles. The lowest BCUT2D eigenvalue weighted by Crippen LogP contribution is -2.29. The molecule has 104 valence electrons. The minimum Gasteiger partial charge on any atom is -0.492 e. The van der Waals surface area contributed by atoms with Crippen LogP contribution in [0.25, 0.3) is 0 Å². The number of hydrogen-bond acceptors (Lipinski definition) is 2. The third kappa shape index (κ3) is 8.13. The predicted molar refractivity (Wildman–Crippen MR) is 80.3 cm³/mol. The minimum absolute atomic E-state index is 0.779. The average molecular weight is 251 g/mol. The highest BCUT2D eigenvalue weighted by atomic mass is 16.5. The zero-order valence-corrected chi connectivity index (χ0v) is 12.5. The van der Waals surface area contributed by atoms with Gasteiger partial charge in [-0.15, -0.1) is 0 Å². The molecular formula is C16H29NO. The predicted octanol–water partition coefficient (Wildman–Crippen LogP) is 4.21. The highest BCUT2D eigenvalue weighted by molar-refractivity contribution is 5.20. The van der Waals surface area contributed by atoms with Crippen molar-refractivity contribution in [3.63, 3.8) is 0 Å². The standard InChI is InChI=1S/C14H23NO.C2H6/c1-3-5-11-15(4-2)12-13-16-14-9-7-6-8-10-14;1-2/h6-10H,3-5,11-13H2,1-2H3;1-2H3. The van der Waals surface area contributed by atoms with Gasteiger partial charge in [-0.3, -0.25) is 0 Å². The maximum atomic E-state index is 5.68. The topological polar surface area (TPSA) is 12.5 Å². The molecule has 18 heavy (non-hydrogen) atoms. The van der Waals surface area contributed by atoms with Crippen LogP contribution in [0.1, 0.15) is 40.5 Å². The van der Waals surface area contributed by atoms with E-state index in [0.29, 0.717) is 0 Å². The third-order valence-corrected chi connectivity index (χ3v) is 2.69. The molecule has 0 bridgehead atoms. The number of para-hydroxylation sites is 1. The van der Waals surface area contributed by atoms with Gasteiger partial charge in [0.2, 0.25) is 0 Å². The van der Waals surface area contributed by atoms with E-state index < -0.39 is 0 Å². The van der Waals surface area contributed by atoms with Crippen molar-refractivity contribution >= 4 is 0 Å².